The molecule has 4 nitrogen and oxygen atoms in total. The van der Waals surface area contributed by atoms with Gasteiger partial charge in [0.2, 0.25) is 0 Å². The number of anilines is 2. The number of aromatic nitrogens is 1. The van der Waals surface area contributed by atoms with Gasteiger partial charge in [0.15, 0.2) is 0 Å². The molecule has 0 unspecified atom stereocenters. The first kappa shape index (κ1) is 13.1. The lowest BCUT2D eigenvalue weighted by atomic mass is 10.1. The van der Waals surface area contributed by atoms with Crippen molar-refractivity contribution in [1.29, 1.82) is 0 Å². The Morgan fingerprint density at radius 3 is 2.55 bits per heavy atom. The number of amides is 1. The van der Waals surface area contributed by atoms with E-state index in [-0.39, 0.29) is 5.91 Å². The van der Waals surface area contributed by atoms with Crippen molar-refractivity contribution in [3.63, 3.8) is 0 Å². The van der Waals surface area contributed by atoms with Crippen molar-refractivity contribution in [2.75, 3.05) is 23.3 Å². The van der Waals surface area contributed by atoms with Crippen LogP contribution in [0.15, 0.2) is 35.2 Å². The van der Waals surface area contributed by atoms with Gasteiger partial charge in [0.25, 0.3) is 5.91 Å². The van der Waals surface area contributed by atoms with Gasteiger partial charge in [0.1, 0.15) is 5.69 Å². The number of carbonyl (C=O) groups excluding carboxylic acids is 1. The maximum atomic E-state index is 11.9. The van der Waals surface area contributed by atoms with Crippen LogP contribution in [0.2, 0.25) is 0 Å². The Labute approximate surface area is 122 Å². The van der Waals surface area contributed by atoms with Crippen LogP contribution in [0.25, 0.3) is 0 Å². The SMILES string of the molecule is O=C(Nc1ccc(N2CCCCC2)cc1)c1cscn1. The van der Waals surface area contributed by atoms with Crippen LogP contribution < -0.4 is 10.2 Å². The molecule has 0 spiro atoms. The maximum Gasteiger partial charge on any atom is 0.275 e. The lowest BCUT2D eigenvalue weighted by molar-refractivity contribution is 0.102. The molecule has 0 aliphatic carbocycles. The molecule has 2 heterocycles. The molecule has 3 rings (SSSR count). The van der Waals surface area contributed by atoms with Gasteiger partial charge >= 0.3 is 0 Å². The Kier molecular flexibility index (Phi) is 3.97. The zero-order valence-electron chi connectivity index (χ0n) is 11.2. The molecule has 1 aromatic heterocycles. The van der Waals surface area contributed by atoms with Crippen LogP contribution in [-0.2, 0) is 0 Å². The van der Waals surface area contributed by atoms with Gasteiger partial charge in [-0.3, -0.25) is 4.79 Å². The topological polar surface area (TPSA) is 45.2 Å². The van der Waals surface area contributed by atoms with Crippen LogP contribution in [0, 0.1) is 0 Å². The van der Waals surface area contributed by atoms with E-state index < -0.39 is 0 Å². The predicted molar refractivity (Wildman–Crippen MR) is 82.6 cm³/mol. The van der Waals surface area contributed by atoms with Crippen molar-refractivity contribution in [2.24, 2.45) is 0 Å². The summed E-state index contributed by atoms with van der Waals surface area (Å²) in [5.74, 6) is -0.156. The third-order valence-corrected chi connectivity index (χ3v) is 4.10. The molecule has 1 saturated heterocycles. The number of carbonyl (C=O) groups is 1. The standard InChI is InChI=1S/C15H17N3OS/c19-15(14-10-20-11-16-14)17-12-4-6-13(7-5-12)18-8-2-1-3-9-18/h4-7,10-11H,1-3,8-9H2,(H,17,19). The van der Waals surface area contributed by atoms with E-state index in [9.17, 15) is 4.79 Å². The quantitative estimate of drug-likeness (QED) is 0.941. The second-order valence-electron chi connectivity index (χ2n) is 4.92. The summed E-state index contributed by atoms with van der Waals surface area (Å²) in [6.07, 6.45) is 3.86. The van der Waals surface area contributed by atoms with Gasteiger partial charge in [-0.1, -0.05) is 0 Å². The number of nitrogens with one attached hydrogen (secondary N) is 1. The monoisotopic (exact) mass is 287 g/mol. The van der Waals surface area contributed by atoms with E-state index >= 15 is 0 Å². The Bertz CT molecular complexity index is 559. The summed E-state index contributed by atoms with van der Waals surface area (Å²) in [6.45, 7) is 2.26. The number of rotatable bonds is 3. The van der Waals surface area contributed by atoms with Crippen molar-refractivity contribution in [3.8, 4) is 0 Å². The first-order valence-electron chi connectivity index (χ1n) is 6.87. The summed E-state index contributed by atoms with van der Waals surface area (Å²) in [7, 11) is 0. The Morgan fingerprint density at radius 2 is 1.90 bits per heavy atom. The van der Waals surface area contributed by atoms with Gasteiger partial charge < -0.3 is 10.2 Å². The van der Waals surface area contributed by atoms with Crippen LogP contribution in [-0.4, -0.2) is 24.0 Å². The van der Waals surface area contributed by atoms with Crippen molar-refractivity contribution in [2.45, 2.75) is 19.3 Å². The summed E-state index contributed by atoms with van der Waals surface area (Å²) < 4.78 is 0. The van der Waals surface area contributed by atoms with E-state index in [1.807, 2.05) is 12.1 Å². The Morgan fingerprint density at radius 1 is 1.15 bits per heavy atom. The third kappa shape index (κ3) is 2.99. The molecule has 5 heteroatoms. The minimum atomic E-state index is -0.156. The first-order chi connectivity index (χ1) is 9.83. The molecule has 1 amide bonds. The van der Waals surface area contributed by atoms with E-state index in [4.69, 9.17) is 0 Å². The van der Waals surface area contributed by atoms with Crippen molar-refractivity contribution in [3.05, 3.63) is 40.8 Å². The van der Waals surface area contributed by atoms with Crippen LogP contribution in [0.3, 0.4) is 0 Å². The van der Waals surface area contributed by atoms with E-state index in [1.165, 1.54) is 36.3 Å². The van der Waals surface area contributed by atoms with E-state index in [1.54, 1.807) is 10.9 Å². The van der Waals surface area contributed by atoms with E-state index in [2.05, 4.69) is 27.3 Å². The van der Waals surface area contributed by atoms with Crippen molar-refractivity contribution >= 4 is 28.6 Å². The van der Waals surface area contributed by atoms with Crippen molar-refractivity contribution < 1.29 is 4.79 Å². The fourth-order valence-electron chi connectivity index (χ4n) is 2.43. The molecule has 1 aliphatic heterocycles. The van der Waals surface area contributed by atoms with Gasteiger partial charge in [-0.2, -0.15) is 0 Å². The zero-order chi connectivity index (χ0) is 13.8. The number of hydrogen-bond donors (Lipinski definition) is 1. The minimum absolute atomic E-state index is 0.156. The van der Waals surface area contributed by atoms with E-state index in [0.29, 0.717) is 5.69 Å². The lowest BCUT2D eigenvalue weighted by Gasteiger charge is -2.28. The van der Waals surface area contributed by atoms with Crippen LogP contribution in [0.5, 0.6) is 0 Å². The molecular formula is C15H17N3OS. The number of hydrogen-bond acceptors (Lipinski definition) is 4. The highest BCUT2D eigenvalue weighted by Crippen LogP contribution is 2.22. The van der Waals surface area contributed by atoms with Gasteiger partial charge in [-0.15, -0.1) is 11.3 Å². The molecular weight excluding hydrogens is 270 g/mol. The Hall–Kier alpha value is -1.88. The number of nitrogens with zero attached hydrogens (tertiary/aromatic N) is 2. The second-order valence-corrected chi connectivity index (χ2v) is 5.64. The maximum absolute atomic E-state index is 11.9. The molecule has 1 fully saturated rings. The van der Waals surface area contributed by atoms with E-state index in [0.717, 1.165) is 18.8 Å². The normalized spacial score (nSPS) is 15.1. The number of piperidine rings is 1. The molecule has 1 N–H and O–H groups in total. The highest BCUT2D eigenvalue weighted by Gasteiger charge is 2.11. The fraction of sp³-hybridized carbons (Fsp3) is 0.333. The summed E-state index contributed by atoms with van der Waals surface area (Å²) in [5.41, 5.74) is 4.17. The van der Waals surface area contributed by atoms with Crippen LogP contribution in [0.4, 0.5) is 11.4 Å². The molecule has 1 aromatic carbocycles. The molecule has 1 aliphatic rings. The smallest absolute Gasteiger partial charge is 0.275 e. The summed E-state index contributed by atoms with van der Waals surface area (Å²) in [4.78, 5) is 18.3. The molecule has 0 bridgehead atoms. The van der Waals surface area contributed by atoms with Crippen LogP contribution >= 0.6 is 11.3 Å². The minimum Gasteiger partial charge on any atom is -0.372 e. The molecule has 0 saturated carbocycles. The van der Waals surface area contributed by atoms with Crippen LogP contribution in [0.1, 0.15) is 29.8 Å². The summed E-state index contributed by atoms with van der Waals surface area (Å²) in [6, 6.07) is 8.05. The van der Waals surface area contributed by atoms with Gasteiger partial charge in [0.05, 0.1) is 5.51 Å². The third-order valence-electron chi connectivity index (χ3n) is 3.51. The molecule has 20 heavy (non-hydrogen) atoms. The largest absolute Gasteiger partial charge is 0.372 e. The number of thiazole rings is 1. The summed E-state index contributed by atoms with van der Waals surface area (Å²) >= 11 is 1.42. The summed E-state index contributed by atoms with van der Waals surface area (Å²) in [5, 5.41) is 4.61. The predicted octanol–water partition coefficient (Wildman–Crippen LogP) is 3.39. The molecule has 2 aromatic rings. The average Bonchev–Trinajstić information content (AvgIpc) is 3.03. The second kappa shape index (κ2) is 6.05. The number of benzene rings is 1. The fourth-order valence-corrected chi connectivity index (χ4v) is 2.96. The Balaban J connectivity index is 1.65. The lowest BCUT2D eigenvalue weighted by Crippen LogP contribution is -2.29. The molecule has 0 radical (unpaired) electrons. The van der Waals surface area contributed by atoms with Gasteiger partial charge in [-0.05, 0) is 43.5 Å². The highest BCUT2D eigenvalue weighted by molar-refractivity contribution is 7.07. The molecule has 0 atom stereocenters. The van der Waals surface area contributed by atoms with Crippen molar-refractivity contribution in [1.82, 2.24) is 4.98 Å². The highest BCUT2D eigenvalue weighted by atomic mass is 32.1. The zero-order valence-corrected chi connectivity index (χ0v) is 12.0. The average molecular weight is 287 g/mol. The first-order valence-corrected chi connectivity index (χ1v) is 7.82. The van der Waals surface area contributed by atoms with Gasteiger partial charge in [0, 0.05) is 29.8 Å². The van der Waals surface area contributed by atoms with Gasteiger partial charge in [-0.25, -0.2) is 4.98 Å². The molecule has 104 valence electrons.